The first-order valence-electron chi connectivity index (χ1n) is 7.04. The summed E-state index contributed by atoms with van der Waals surface area (Å²) in [5.41, 5.74) is 6.53. The maximum Gasteiger partial charge on any atom is 0.224 e. The lowest BCUT2D eigenvalue weighted by atomic mass is 9.64. The van der Waals surface area contributed by atoms with Crippen molar-refractivity contribution in [3.8, 4) is 5.75 Å². The molecule has 0 unspecified atom stereocenters. The zero-order valence-electron chi connectivity index (χ0n) is 11.8. The molecule has 1 aliphatic carbocycles. The van der Waals surface area contributed by atoms with Gasteiger partial charge in [-0.25, -0.2) is 0 Å². The van der Waals surface area contributed by atoms with Gasteiger partial charge >= 0.3 is 0 Å². The Morgan fingerprint density at radius 2 is 1.79 bits per heavy atom. The van der Waals surface area contributed by atoms with Gasteiger partial charge in [0.05, 0.1) is 12.5 Å². The van der Waals surface area contributed by atoms with Crippen molar-refractivity contribution in [3.63, 3.8) is 0 Å². The number of rotatable bonds is 4. The van der Waals surface area contributed by atoms with E-state index in [-0.39, 0.29) is 17.2 Å². The molecule has 1 aliphatic rings. The van der Waals surface area contributed by atoms with E-state index in [9.17, 15) is 4.79 Å². The van der Waals surface area contributed by atoms with Gasteiger partial charge in [0.15, 0.2) is 0 Å². The van der Waals surface area contributed by atoms with Gasteiger partial charge in [0.1, 0.15) is 5.75 Å². The number of primary amides is 1. The van der Waals surface area contributed by atoms with Crippen molar-refractivity contribution < 1.29 is 9.53 Å². The molecule has 1 amide bonds. The van der Waals surface area contributed by atoms with Crippen LogP contribution in [0.25, 0.3) is 0 Å². The molecule has 0 heterocycles. The summed E-state index contributed by atoms with van der Waals surface area (Å²) >= 11 is 0. The minimum Gasteiger partial charge on any atom is -0.497 e. The van der Waals surface area contributed by atoms with Crippen LogP contribution in [0.15, 0.2) is 24.3 Å². The number of methoxy groups -OCH3 is 1. The molecule has 1 aromatic rings. The van der Waals surface area contributed by atoms with Crippen LogP contribution in [0.4, 0.5) is 0 Å². The molecule has 0 spiro atoms. The normalized spacial score (nSPS) is 19.7. The van der Waals surface area contributed by atoms with Crippen LogP contribution in [0, 0.1) is 5.41 Å². The summed E-state index contributed by atoms with van der Waals surface area (Å²) in [5, 5.41) is 0. The molecule has 0 aliphatic heterocycles. The monoisotopic (exact) mass is 261 g/mol. The fourth-order valence-corrected chi connectivity index (χ4v) is 3.29. The van der Waals surface area contributed by atoms with Crippen molar-refractivity contribution in [1.29, 1.82) is 0 Å². The summed E-state index contributed by atoms with van der Waals surface area (Å²) in [6.07, 6.45) is 5.24. The molecule has 1 fully saturated rings. The number of hydrogen-bond acceptors (Lipinski definition) is 2. The fraction of sp³-hybridized carbons (Fsp3) is 0.562. The van der Waals surface area contributed by atoms with E-state index in [0.717, 1.165) is 31.4 Å². The third-order valence-electron chi connectivity index (χ3n) is 4.68. The Morgan fingerprint density at radius 3 is 2.26 bits per heavy atom. The molecule has 104 valence electrons. The highest BCUT2D eigenvalue weighted by molar-refractivity contribution is 5.82. The van der Waals surface area contributed by atoms with E-state index in [1.165, 1.54) is 12.0 Å². The number of nitrogens with two attached hydrogens (primary N) is 1. The second-order valence-electron chi connectivity index (χ2n) is 5.58. The average molecular weight is 261 g/mol. The Labute approximate surface area is 115 Å². The van der Waals surface area contributed by atoms with Crippen molar-refractivity contribution in [2.24, 2.45) is 11.1 Å². The highest BCUT2D eigenvalue weighted by atomic mass is 16.5. The van der Waals surface area contributed by atoms with E-state index in [4.69, 9.17) is 10.5 Å². The maximum atomic E-state index is 12.0. The number of benzene rings is 1. The summed E-state index contributed by atoms with van der Waals surface area (Å²) in [6, 6.07) is 7.98. The number of hydrogen-bond donors (Lipinski definition) is 1. The predicted octanol–water partition coefficient (Wildman–Crippen LogP) is 3.23. The molecule has 3 heteroatoms. The van der Waals surface area contributed by atoms with Crippen LogP contribution in [0.1, 0.15) is 50.5 Å². The second-order valence-corrected chi connectivity index (χ2v) is 5.58. The Hall–Kier alpha value is -1.51. The van der Waals surface area contributed by atoms with E-state index in [1.807, 2.05) is 24.3 Å². The van der Waals surface area contributed by atoms with Gasteiger partial charge in [0.2, 0.25) is 5.91 Å². The predicted molar refractivity (Wildman–Crippen MR) is 76.1 cm³/mol. The lowest BCUT2D eigenvalue weighted by molar-refractivity contribution is -0.130. The summed E-state index contributed by atoms with van der Waals surface area (Å²) < 4.78 is 5.18. The minimum absolute atomic E-state index is 0.143. The van der Waals surface area contributed by atoms with Gasteiger partial charge in [0, 0.05) is 0 Å². The third-order valence-corrected chi connectivity index (χ3v) is 4.68. The van der Waals surface area contributed by atoms with E-state index < -0.39 is 0 Å². The van der Waals surface area contributed by atoms with Crippen LogP contribution >= 0.6 is 0 Å². The van der Waals surface area contributed by atoms with E-state index in [1.54, 1.807) is 7.11 Å². The molecule has 0 saturated heterocycles. The van der Waals surface area contributed by atoms with E-state index >= 15 is 0 Å². The molecule has 0 aromatic heterocycles. The first-order valence-corrected chi connectivity index (χ1v) is 7.04. The highest BCUT2D eigenvalue weighted by Crippen LogP contribution is 2.47. The Kier molecular flexibility index (Phi) is 4.13. The molecule has 0 radical (unpaired) electrons. The number of ether oxygens (including phenoxy) is 1. The van der Waals surface area contributed by atoms with Gasteiger partial charge in [-0.05, 0) is 36.5 Å². The van der Waals surface area contributed by atoms with Gasteiger partial charge in [-0.15, -0.1) is 0 Å². The standard InChI is InChI=1S/C16H23NO2/c1-12(13-6-8-14(19-2)9-7-13)16(15(17)18)10-4-3-5-11-16/h6-9,12H,3-5,10-11H2,1-2H3,(H2,17,18)/t12-/m0/s1. The van der Waals surface area contributed by atoms with Crippen LogP contribution in [0.5, 0.6) is 5.75 Å². The van der Waals surface area contributed by atoms with Crippen LogP contribution < -0.4 is 10.5 Å². The van der Waals surface area contributed by atoms with Gasteiger partial charge in [0.25, 0.3) is 0 Å². The Morgan fingerprint density at radius 1 is 1.21 bits per heavy atom. The smallest absolute Gasteiger partial charge is 0.224 e. The summed E-state index contributed by atoms with van der Waals surface area (Å²) in [6.45, 7) is 2.12. The Balaban J connectivity index is 2.27. The molecule has 19 heavy (non-hydrogen) atoms. The average Bonchev–Trinajstić information content (AvgIpc) is 2.47. The molecule has 1 saturated carbocycles. The van der Waals surface area contributed by atoms with Crippen molar-refractivity contribution in [2.75, 3.05) is 7.11 Å². The molecule has 3 nitrogen and oxygen atoms in total. The lowest BCUT2D eigenvalue weighted by Crippen LogP contribution is -2.42. The molecule has 2 rings (SSSR count). The van der Waals surface area contributed by atoms with Crippen molar-refractivity contribution in [1.82, 2.24) is 0 Å². The van der Waals surface area contributed by atoms with Crippen molar-refractivity contribution >= 4 is 5.91 Å². The fourth-order valence-electron chi connectivity index (χ4n) is 3.29. The molecular formula is C16H23NO2. The SMILES string of the molecule is COc1ccc([C@H](C)C2(C(N)=O)CCCCC2)cc1. The van der Waals surface area contributed by atoms with Gasteiger partial charge in [-0.1, -0.05) is 38.3 Å². The largest absolute Gasteiger partial charge is 0.497 e. The van der Waals surface area contributed by atoms with Crippen LogP contribution in [0.2, 0.25) is 0 Å². The Bertz CT molecular complexity index is 433. The van der Waals surface area contributed by atoms with Crippen LogP contribution in [0.3, 0.4) is 0 Å². The molecular weight excluding hydrogens is 238 g/mol. The van der Waals surface area contributed by atoms with Gasteiger partial charge in [-0.3, -0.25) is 4.79 Å². The summed E-state index contributed by atoms with van der Waals surface area (Å²) in [4.78, 5) is 12.0. The molecule has 1 atom stereocenters. The molecule has 0 bridgehead atoms. The van der Waals surface area contributed by atoms with Crippen LogP contribution in [-0.2, 0) is 4.79 Å². The maximum absolute atomic E-state index is 12.0. The van der Waals surface area contributed by atoms with Crippen LogP contribution in [-0.4, -0.2) is 13.0 Å². The van der Waals surface area contributed by atoms with E-state index in [2.05, 4.69) is 6.92 Å². The summed E-state index contributed by atoms with van der Waals surface area (Å²) in [5.74, 6) is 0.861. The van der Waals surface area contributed by atoms with Gasteiger partial charge in [-0.2, -0.15) is 0 Å². The highest BCUT2D eigenvalue weighted by Gasteiger charge is 2.43. The topological polar surface area (TPSA) is 52.3 Å². The zero-order chi connectivity index (χ0) is 13.9. The number of carbonyl (C=O) groups excluding carboxylic acids is 1. The quantitative estimate of drug-likeness (QED) is 0.904. The first-order chi connectivity index (χ1) is 9.10. The summed E-state index contributed by atoms with van der Waals surface area (Å²) in [7, 11) is 1.66. The number of carbonyl (C=O) groups is 1. The minimum atomic E-state index is -0.368. The zero-order valence-corrected chi connectivity index (χ0v) is 11.8. The van der Waals surface area contributed by atoms with Crippen molar-refractivity contribution in [2.45, 2.75) is 44.9 Å². The van der Waals surface area contributed by atoms with Crippen molar-refractivity contribution in [3.05, 3.63) is 29.8 Å². The lowest BCUT2D eigenvalue weighted by Gasteiger charge is -2.39. The van der Waals surface area contributed by atoms with E-state index in [0.29, 0.717) is 0 Å². The third kappa shape index (κ3) is 2.60. The molecule has 1 aromatic carbocycles. The second kappa shape index (κ2) is 5.64. The molecule has 2 N–H and O–H groups in total. The number of amides is 1. The van der Waals surface area contributed by atoms with Gasteiger partial charge < -0.3 is 10.5 Å². The first kappa shape index (κ1) is 13.9.